The average molecular weight is 448 g/mol. The second kappa shape index (κ2) is 8.83. The van der Waals surface area contributed by atoms with Crippen LogP contribution < -0.4 is 4.74 Å². The van der Waals surface area contributed by atoms with Crippen LogP contribution >= 0.6 is 0 Å². The van der Waals surface area contributed by atoms with E-state index in [0.717, 1.165) is 11.3 Å². The highest BCUT2D eigenvalue weighted by atomic mass is 32.2. The Hall–Kier alpha value is -3.66. The molecule has 3 heterocycles. The Morgan fingerprint density at radius 2 is 1.81 bits per heavy atom. The number of pyridine rings is 1. The third-order valence-electron chi connectivity index (χ3n) is 5.64. The number of methoxy groups -OCH3 is 1. The Morgan fingerprint density at radius 3 is 2.44 bits per heavy atom. The number of hydrogen-bond donors (Lipinski definition) is 0. The summed E-state index contributed by atoms with van der Waals surface area (Å²) in [5, 5.41) is 18.2. The largest absolute Gasteiger partial charge is 0.497 e. The van der Waals surface area contributed by atoms with E-state index in [9.17, 15) is 8.42 Å². The number of benzene rings is 1. The van der Waals surface area contributed by atoms with Crippen LogP contribution in [0.1, 0.15) is 30.3 Å². The van der Waals surface area contributed by atoms with Gasteiger partial charge in [0.05, 0.1) is 23.2 Å². The first-order valence-electron chi connectivity index (χ1n) is 10.1. The van der Waals surface area contributed by atoms with Crippen LogP contribution in [0.3, 0.4) is 0 Å². The smallest absolute Gasteiger partial charge is 0.243 e. The lowest BCUT2D eigenvalue weighted by Crippen LogP contribution is -2.38. The van der Waals surface area contributed by atoms with Crippen LogP contribution in [0.25, 0.3) is 11.6 Å². The van der Waals surface area contributed by atoms with E-state index in [1.807, 2.05) is 40.9 Å². The molecule has 1 aliphatic heterocycles. The zero-order chi connectivity index (χ0) is 22.7. The highest BCUT2D eigenvalue weighted by Gasteiger charge is 2.31. The van der Waals surface area contributed by atoms with Gasteiger partial charge in [0, 0.05) is 25.2 Å². The summed E-state index contributed by atoms with van der Waals surface area (Å²) in [6.45, 7) is 0.765. The lowest BCUT2D eigenvalue weighted by atomic mass is 9.97. The van der Waals surface area contributed by atoms with Crippen LogP contribution in [0.5, 0.6) is 5.75 Å². The van der Waals surface area contributed by atoms with Crippen LogP contribution in [0.2, 0.25) is 0 Å². The van der Waals surface area contributed by atoms with Crippen LogP contribution in [-0.2, 0) is 10.0 Å². The number of aromatic nitrogens is 2. The lowest BCUT2D eigenvalue weighted by molar-refractivity contribution is 0.313. The van der Waals surface area contributed by atoms with Gasteiger partial charge in [0.1, 0.15) is 29.3 Å². The molecule has 0 amide bonds. The van der Waals surface area contributed by atoms with E-state index in [1.54, 1.807) is 24.3 Å². The molecule has 2 aromatic heterocycles. The molecule has 0 atom stereocenters. The number of sulfonamides is 1. The van der Waals surface area contributed by atoms with Crippen LogP contribution in [0.15, 0.2) is 59.1 Å². The molecule has 4 rings (SSSR count). The minimum absolute atomic E-state index is 0.0131. The molecule has 1 aromatic carbocycles. The van der Waals surface area contributed by atoms with Crippen molar-refractivity contribution in [2.24, 2.45) is 0 Å². The molecule has 0 bridgehead atoms. The van der Waals surface area contributed by atoms with Gasteiger partial charge >= 0.3 is 0 Å². The first kappa shape index (κ1) is 21.6. The highest BCUT2D eigenvalue weighted by molar-refractivity contribution is 7.89. The van der Waals surface area contributed by atoms with Crippen molar-refractivity contribution in [3.05, 3.63) is 65.8 Å². The first-order chi connectivity index (χ1) is 15.5. The van der Waals surface area contributed by atoms with Gasteiger partial charge in [0.25, 0.3) is 0 Å². The average Bonchev–Trinajstić information content (AvgIpc) is 3.21. The van der Waals surface area contributed by atoms with E-state index < -0.39 is 10.0 Å². The summed E-state index contributed by atoms with van der Waals surface area (Å²) in [5.41, 5.74) is 1.35. The van der Waals surface area contributed by atoms with Crippen molar-refractivity contribution in [3.8, 4) is 17.9 Å². The molecule has 0 unspecified atom stereocenters. The normalized spacial score (nSPS) is 15.1. The molecule has 0 aliphatic carbocycles. The van der Waals surface area contributed by atoms with Gasteiger partial charge in [-0.2, -0.15) is 14.8 Å². The van der Waals surface area contributed by atoms with Crippen molar-refractivity contribution in [1.29, 1.82) is 10.5 Å². The summed E-state index contributed by atoms with van der Waals surface area (Å²) in [6.07, 6.45) is 4.63. The molecule has 1 fully saturated rings. The SMILES string of the molecule is COc1ccc(S(=O)(=O)N2CCC(c3nc(C=C(C#N)C#N)c4ccccn34)CC2)cc1. The summed E-state index contributed by atoms with van der Waals surface area (Å²) in [5.74, 6) is 1.47. The molecule has 9 heteroatoms. The van der Waals surface area contributed by atoms with Gasteiger partial charge in [-0.05, 0) is 55.3 Å². The first-order valence-corrected chi connectivity index (χ1v) is 11.5. The number of ether oxygens (including phenoxy) is 1. The molecule has 1 saturated heterocycles. The monoisotopic (exact) mass is 447 g/mol. The maximum absolute atomic E-state index is 13.0. The molecule has 0 N–H and O–H groups in total. The van der Waals surface area contributed by atoms with Crippen LogP contribution in [0.4, 0.5) is 0 Å². The number of piperidine rings is 1. The fourth-order valence-electron chi connectivity index (χ4n) is 3.96. The molecule has 0 spiro atoms. The van der Waals surface area contributed by atoms with Crippen molar-refractivity contribution >= 4 is 21.6 Å². The molecule has 0 radical (unpaired) electrons. The molecule has 1 aliphatic rings. The number of allylic oxidation sites excluding steroid dienone is 1. The van der Waals surface area contributed by atoms with E-state index in [1.165, 1.54) is 17.5 Å². The number of hydrogen-bond acceptors (Lipinski definition) is 6. The fraction of sp³-hybridized carbons (Fsp3) is 0.261. The second-order valence-electron chi connectivity index (χ2n) is 7.45. The van der Waals surface area contributed by atoms with Gasteiger partial charge in [-0.3, -0.25) is 0 Å². The minimum atomic E-state index is -3.58. The molecule has 162 valence electrons. The van der Waals surface area contributed by atoms with Crippen molar-refractivity contribution in [1.82, 2.24) is 13.7 Å². The highest BCUT2D eigenvalue weighted by Crippen LogP contribution is 2.32. The fourth-order valence-corrected chi connectivity index (χ4v) is 5.43. The lowest BCUT2D eigenvalue weighted by Gasteiger charge is -2.30. The number of imidazole rings is 1. The predicted octanol–water partition coefficient (Wildman–Crippen LogP) is 3.34. The van der Waals surface area contributed by atoms with Crippen molar-refractivity contribution < 1.29 is 13.2 Å². The number of nitriles is 2. The quantitative estimate of drug-likeness (QED) is 0.555. The van der Waals surface area contributed by atoms with Gasteiger partial charge in [-0.1, -0.05) is 6.07 Å². The van der Waals surface area contributed by atoms with Gasteiger partial charge in [0.2, 0.25) is 10.0 Å². The summed E-state index contributed by atoms with van der Waals surface area (Å²) in [7, 11) is -2.05. The summed E-state index contributed by atoms with van der Waals surface area (Å²) >= 11 is 0. The van der Waals surface area contributed by atoms with Crippen LogP contribution in [-0.4, -0.2) is 42.3 Å². The summed E-state index contributed by atoms with van der Waals surface area (Å²) in [4.78, 5) is 4.96. The molecule has 0 saturated carbocycles. The van der Waals surface area contributed by atoms with Gasteiger partial charge in [-0.15, -0.1) is 0 Å². The van der Waals surface area contributed by atoms with E-state index >= 15 is 0 Å². The summed E-state index contributed by atoms with van der Waals surface area (Å²) < 4.78 is 34.6. The van der Waals surface area contributed by atoms with Crippen molar-refractivity contribution in [3.63, 3.8) is 0 Å². The maximum Gasteiger partial charge on any atom is 0.243 e. The third kappa shape index (κ3) is 3.96. The molecule has 8 nitrogen and oxygen atoms in total. The maximum atomic E-state index is 13.0. The summed E-state index contributed by atoms with van der Waals surface area (Å²) in [6, 6.07) is 15.8. The van der Waals surface area contributed by atoms with Gasteiger partial charge in [0.15, 0.2) is 0 Å². The van der Waals surface area contributed by atoms with E-state index in [0.29, 0.717) is 37.4 Å². The van der Waals surface area contributed by atoms with E-state index in [4.69, 9.17) is 20.2 Å². The minimum Gasteiger partial charge on any atom is -0.497 e. The molecular formula is C23H21N5O3S. The van der Waals surface area contributed by atoms with Crippen LogP contribution in [0, 0.1) is 22.7 Å². The molecular weight excluding hydrogens is 426 g/mol. The van der Waals surface area contributed by atoms with E-state index in [-0.39, 0.29) is 16.4 Å². The number of rotatable bonds is 5. The third-order valence-corrected chi connectivity index (χ3v) is 7.56. The van der Waals surface area contributed by atoms with E-state index in [2.05, 4.69) is 0 Å². The number of nitrogens with zero attached hydrogens (tertiary/aromatic N) is 5. The predicted molar refractivity (Wildman–Crippen MR) is 118 cm³/mol. The van der Waals surface area contributed by atoms with Gasteiger partial charge < -0.3 is 9.14 Å². The van der Waals surface area contributed by atoms with Crippen molar-refractivity contribution in [2.45, 2.75) is 23.7 Å². The van der Waals surface area contributed by atoms with Gasteiger partial charge in [-0.25, -0.2) is 13.4 Å². The zero-order valence-electron chi connectivity index (χ0n) is 17.5. The molecule has 3 aromatic rings. The Kier molecular flexibility index (Phi) is 5.95. The standard InChI is InChI=1S/C23H21N5O3S/c1-31-19-5-7-20(8-6-19)32(29,30)27-12-9-18(10-13-27)23-26-21(14-17(15-24)16-25)22-4-2-3-11-28(22)23/h2-8,11,14,18H,9-10,12-13H2,1H3. The zero-order valence-corrected chi connectivity index (χ0v) is 18.3. The second-order valence-corrected chi connectivity index (χ2v) is 9.38. The molecule has 32 heavy (non-hydrogen) atoms. The topological polar surface area (TPSA) is 111 Å². The number of fused-ring (bicyclic) bond motifs is 1. The Balaban J connectivity index is 1.58. The Labute approximate surface area is 186 Å². The van der Waals surface area contributed by atoms with Crippen molar-refractivity contribution in [2.75, 3.05) is 20.2 Å². The Bertz CT molecular complexity index is 1340. The Morgan fingerprint density at radius 1 is 1.12 bits per heavy atom.